The van der Waals surface area contributed by atoms with Crippen LogP contribution in [0.15, 0.2) is 24.3 Å². The molecule has 1 aromatic rings. The quantitative estimate of drug-likeness (QED) is 0.841. The molecule has 8 heteroatoms. The highest BCUT2D eigenvalue weighted by molar-refractivity contribution is 7.80. The Balaban J connectivity index is 2.13. The zero-order valence-corrected chi connectivity index (χ0v) is 9.47. The number of hydrogen-bond acceptors (Lipinski definition) is 4. The second-order valence-electron chi connectivity index (χ2n) is 3.39. The van der Waals surface area contributed by atoms with Gasteiger partial charge in [0.25, 0.3) is 11.1 Å². The molecule has 1 aromatic carbocycles. The molecule has 96 valence electrons. The maximum absolute atomic E-state index is 11.9. The molecule has 1 atom stereocenters. The Morgan fingerprint density at radius 1 is 1.28 bits per heavy atom. The van der Waals surface area contributed by atoms with Crippen molar-refractivity contribution in [3.05, 3.63) is 29.8 Å². The molecule has 0 spiro atoms. The summed E-state index contributed by atoms with van der Waals surface area (Å²) in [7, 11) is 0. The lowest BCUT2D eigenvalue weighted by molar-refractivity contribution is -0.274. The second kappa shape index (κ2) is 4.45. The number of halogens is 3. The average Bonchev–Trinajstić information content (AvgIpc) is 2.57. The van der Waals surface area contributed by atoms with E-state index in [9.17, 15) is 18.0 Å². The first-order valence-corrected chi connectivity index (χ1v) is 5.13. The molecule has 0 saturated carbocycles. The van der Waals surface area contributed by atoms with Crippen LogP contribution in [0.2, 0.25) is 0 Å². The third kappa shape index (κ3) is 2.89. The van der Waals surface area contributed by atoms with Crippen LogP contribution < -0.4 is 10.1 Å². The normalized spacial score (nSPS) is 19.4. The zero-order chi connectivity index (χ0) is 13.3. The SMILES string of the molecule is O=C1NC(=S)OC1c1ccc(OC(F)(F)F)cc1. The van der Waals surface area contributed by atoms with E-state index in [0.717, 1.165) is 12.1 Å². The van der Waals surface area contributed by atoms with Crippen molar-refractivity contribution in [1.29, 1.82) is 0 Å². The van der Waals surface area contributed by atoms with Crippen molar-refractivity contribution in [3.8, 4) is 5.75 Å². The zero-order valence-electron chi connectivity index (χ0n) is 8.65. The van der Waals surface area contributed by atoms with E-state index in [1.807, 2.05) is 0 Å². The molecule has 2 rings (SSSR count). The van der Waals surface area contributed by atoms with E-state index < -0.39 is 18.4 Å². The summed E-state index contributed by atoms with van der Waals surface area (Å²) in [5.74, 6) is -0.822. The lowest BCUT2D eigenvalue weighted by Gasteiger charge is -2.10. The lowest BCUT2D eigenvalue weighted by Crippen LogP contribution is -2.20. The number of nitrogens with one attached hydrogen (secondary N) is 1. The number of rotatable bonds is 2. The third-order valence-electron chi connectivity index (χ3n) is 2.10. The average molecular weight is 277 g/mol. The molecular weight excluding hydrogens is 271 g/mol. The van der Waals surface area contributed by atoms with E-state index in [1.54, 1.807) is 0 Å². The maximum Gasteiger partial charge on any atom is 0.573 e. The summed E-state index contributed by atoms with van der Waals surface area (Å²) in [6.45, 7) is 0. The smallest absolute Gasteiger partial charge is 0.452 e. The van der Waals surface area contributed by atoms with E-state index in [1.165, 1.54) is 12.1 Å². The topological polar surface area (TPSA) is 47.6 Å². The minimum absolute atomic E-state index is 0.0550. The van der Waals surface area contributed by atoms with Crippen molar-refractivity contribution in [1.82, 2.24) is 5.32 Å². The van der Waals surface area contributed by atoms with Gasteiger partial charge in [-0.15, -0.1) is 13.2 Å². The number of carbonyl (C=O) groups is 1. The van der Waals surface area contributed by atoms with Gasteiger partial charge in [0.15, 0.2) is 0 Å². The van der Waals surface area contributed by atoms with Gasteiger partial charge in [-0.25, -0.2) is 0 Å². The van der Waals surface area contributed by atoms with Gasteiger partial charge in [0.05, 0.1) is 0 Å². The van der Waals surface area contributed by atoms with E-state index >= 15 is 0 Å². The van der Waals surface area contributed by atoms with Crippen molar-refractivity contribution in [2.45, 2.75) is 12.5 Å². The highest BCUT2D eigenvalue weighted by Crippen LogP contribution is 2.27. The van der Waals surface area contributed by atoms with Crippen LogP contribution in [0.25, 0.3) is 0 Å². The molecule has 1 fully saturated rings. The number of alkyl halides is 3. The molecule has 1 heterocycles. The molecule has 0 radical (unpaired) electrons. The Morgan fingerprint density at radius 3 is 2.33 bits per heavy atom. The number of hydrogen-bond donors (Lipinski definition) is 1. The van der Waals surface area contributed by atoms with Crippen molar-refractivity contribution >= 4 is 23.3 Å². The lowest BCUT2D eigenvalue weighted by atomic mass is 10.1. The van der Waals surface area contributed by atoms with Crippen molar-refractivity contribution < 1.29 is 27.4 Å². The number of thiocarbonyl (C=S) groups is 1. The fraction of sp³-hybridized carbons (Fsp3) is 0.200. The van der Waals surface area contributed by atoms with Gasteiger partial charge in [-0.2, -0.15) is 0 Å². The van der Waals surface area contributed by atoms with Crippen LogP contribution in [0.3, 0.4) is 0 Å². The Kier molecular flexibility index (Phi) is 3.12. The van der Waals surface area contributed by atoms with Gasteiger partial charge in [-0.1, -0.05) is 12.1 Å². The van der Waals surface area contributed by atoms with Crippen LogP contribution in [0.4, 0.5) is 13.2 Å². The summed E-state index contributed by atoms with van der Waals surface area (Å²) in [4.78, 5) is 11.4. The fourth-order valence-corrected chi connectivity index (χ4v) is 1.62. The molecule has 0 bridgehead atoms. The Hall–Kier alpha value is -1.83. The first-order valence-electron chi connectivity index (χ1n) is 4.72. The molecule has 1 amide bonds. The highest BCUT2D eigenvalue weighted by Gasteiger charge is 2.33. The largest absolute Gasteiger partial charge is 0.573 e. The molecule has 1 N–H and O–H groups in total. The first kappa shape index (κ1) is 12.6. The summed E-state index contributed by atoms with van der Waals surface area (Å²) >= 11 is 4.64. The van der Waals surface area contributed by atoms with E-state index in [-0.39, 0.29) is 10.9 Å². The standard InChI is InChI=1S/C10H6F3NO3S/c11-10(12,13)17-6-3-1-5(2-4-6)7-8(15)14-9(18)16-7/h1-4,7H,(H,14,15,18). The second-order valence-corrected chi connectivity index (χ2v) is 3.76. The van der Waals surface area contributed by atoms with Crippen molar-refractivity contribution in [2.75, 3.05) is 0 Å². The molecular formula is C10H6F3NO3S. The first-order chi connectivity index (χ1) is 8.35. The maximum atomic E-state index is 11.9. The van der Waals surface area contributed by atoms with Gasteiger partial charge in [0.2, 0.25) is 6.10 Å². The van der Waals surface area contributed by atoms with Crippen LogP contribution in [-0.4, -0.2) is 17.4 Å². The summed E-state index contributed by atoms with van der Waals surface area (Å²) in [6, 6.07) is 4.81. The summed E-state index contributed by atoms with van der Waals surface area (Å²) < 4.78 is 44.5. The highest BCUT2D eigenvalue weighted by atomic mass is 32.1. The van der Waals surface area contributed by atoms with Gasteiger partial charge in [0.1, 0.15) is 5.75 Å². The van der Waals surface area contributed by atoms with Gasteiger partial charge < -0.3 is 9.47 Å². The minimum atomic E-state index is -4.75. The summed E-state index contributed by atoms with van der Waals surface area (Å²) in [5.41, 5.74) is 0.391. The van der Waals surface area contributed by atoms with Gasteiger partial charge in [-0.05, 0) is 24.4 Å². The number of ether oxygens (including phenoxy) is 2. The number of amides is 1. The van der Waals surface area contributed by atoms with E-state index in [0.29, 0.717) is 5.56 Å². The van der Waals surface area contributed by atoms with Gasteiger partial charge in [-0.3, -0.25) is 10.1 Å². The monoisotopic (exact) mass is 277 g/mol. The van der Waals surface area contributed by atoms with Crippen LogP contribution in [0.5, 0.6) is 5.75 Å². The van der Waals surface area contributed by atoms with E-state index in [2.05, 4.69) is 22.3 Å². The minimum Gasteiger partial charge on any atom is -0.452 e. The molecule has 0 aromatic heterocycles. The van der Waals surface area contributed by atoms with Crippen LogP contribution in [0.1, 0.15) is 11.7 Å². The van der Waals surface area contributed by atoms with Crippen LogP contribution in [-0.2, 0) is 9.53 Å². The predicted octanol–water partition coefficient (Wildman–Crippen LogP) is 2.06. The molecule has 1 aliphatic rings. The Labute approximate surface area is 105 Å². The van der Waals surface area contributed by atoms with E-state index in [4.69, 9.17) is 4.74 Å². The van der Waals surface area contributed by atoms with Gasteiger partial charge in [0, 0.05) is 5.56 Å². The summed E-state index contributed by atoms with van der Waals surface area (Å²) in [5, 5.41) is 2.22. The fourth-order valence-electron chi connectivity index (χ4n) is 1.42. The predicted molar refractivity (Wildman–Crippen MR) is 57.7 cm³/mol. The van der Waals surface area contributed by atoms with Crippen LogP contribution >= 0.6 is 12.2 Å². The third-order valence-corrected chi connectivity index (χ3v) is 2.30. The van der Waals surface area contributed by atoms with Crippen molar-refractivity contribution in [3.63, 3.8) is 0 Å². The summed E-state index contributed by atoms with van der Waals surface area (Å²) in [6.07, 6.45) is -5.68. The Morgan fingerprint density at radius 2 is 1.89 bits per heavy atom. The molecule has 1 saturated heterocycles. The number of benzene rings is 1. The molecule has 18 heavy (non-hydrogen) atoms. The molecule has 1 unspecified atom stereocenters. The van der Waals surface area contributed by atoms with Crippen molar-refractivity contribution in [2.24, 2.45) is 0 Å². The van der Waals surface area contributed by atoms with Crippen LogP contribution in [0, 0.1) is 0 Å². The van der Waals surface area contributed by atoms with Gasteiger partial charge >= 0.3 is 6.36 Å². The molecule has 4 nitrogen and oxygen atoms in total. The Bertz CT molecular complexity index is 486. The number of carbonyl (C=O) groups excluding carboxylic acids is 1. The molecule has 0 aliphatic carbocycles. The molecule has 1 aliphatic heterocycles.